The van der Waals surface area contributed by atoms with Crippen LogP contribution < -0.4 is 14.2 Å². The van der Waals surface area contributed by atoms with Crippen LogP contribution in [0.5, 0.6) is 17.2 Å². The molecule has 0 aliphatic carbocycles. The third-order valence-corrected chi connectivity index (χ3v) is 5.91. The number of halogens is 1. The topological polar surface area (TPSA) is 35.9 Å². The standard InChI is InChI=1S/C24H27ClN2O3/c1-28-21-11-10-18(23(29-2)24(21)30-3)16-27-14-6-13-26-12-5-9-20(26)22(27)17-7-4-8-19(25)15-17/h4-5,7-12,15,22H,6,13-14,16H2,1-3H3/t22-/m0/s1. The number of aryl methyl sites for hydroxylation is 1. The van der Waals surface area contributed by atoms with Crippen molar-refractivity contribution in [3.05, 3.63) is 76.6 Å². The van der Waals surface area contributed by atoms with Gasteiger partial charge in [0, 0.05) is 42.1 Å². The molecule has 1 aliphatic rings. The fourth-order valence-corrected chi connectivity index (χ4v) is 4.57. The number of benzene rings is 2. The highest BCUT2D eigenvalue weighted by Crippen LogP contribution is 2.42. The van der Waals surface area contributed by atoms with Crippen LogP contribution in [0, 0.1) is 0 Å². The monoisotopic (exact) mass is 426 g/mol. The van der Waals surface area contributed by atoms with Crippen molar-refractivity contribution in [2.75, 3.05) is 27.9 Å². The summed E-state index contributed by atoms with van der Waals surface area (Å²) < 4.78 is 19.1. The molecule has 0 N–H and O–H groups in total. The van der Waals surface area contributed by atoms with Crippen molar-refractivity contribution in [1.82, 2.24) is 9.47 Å². The Hall–Kier alpha value is -2.63. The van der Waals surface area contributed by atoms with Gasteiger partial charge in [-0.1, -0.05) is 29.8 Å². The molecule has 0 bridgehead atoms. The molecule has 158 valence electrons. The second-order valence-electron chi connectivity index (χ2n) is 7.40. The van der Waals surface area contributed by atoms with Crippen molar-refractivity contribution in [2.45, 2.75) is 25.6 Å². The minimum absolute atomic E-state index is 0.0963. The van der Waals surface area contributed by atoms with E-state index in [0.717, 1.165) is 30.1 Å². The molecule has 30 heavy (non-hydrogen) atoms. The van der Waals surface area contributed by atoms with Gasteiger partial charge < -0.3 is 18.8 Å². The summed E-state index contributed by atoms with van der Waals surface area (Å²) in [6.07, 6.45) is 3.22. The summed E-state index contributed by atoms with van der Waals surface area (Å²) in [6.45, 7) is 2.67. The first-order valence-electron chi connectivity index (χ1n) is 10.1. The van der Waals surface area contributed by atoms with Crippen molar-refractivity contribution in [2.24, 2.45) is 0 Å². The summed E-state index contributed by atoms with van der Waals surface area (Å²) in [6, 6.07) is 16.6. The average molecular weight is 427 g/mol. The van der Waals surface area contributed by atoms with Crippen LogP contribution in [0.1, 0.15) is 29.3 Å². The highest BCUT2D eigenvalue weighted by atomic mass is 35.5. The van der Waals surface area contributed by atoms with Gasteiger partial charge in [0.2, 0.25) is 5.75 Å². The maximum atomic E-state index is 6.36. The first-order valence-corrected chi connectivity index (χ1v) is 10.5. The van der Waals surface area contributed by atoms with Gasteiger partial charge in [-0.25, -0.2) is 0 Å². The Morgan fingerprint density at radius 1 is 0.933 bits per heavy atom. The van der Waals surface area contributed by atoms with Gasteiger partial charge in [-0.05, 0) is 42.3 Å². The molecule has 2 heterocycles. The van der Waals surface area contributed by atoms with Crippen LogP contribution in [-0.2, 0) is 13.1 Å². The Morgan fingerprint density at radius 3 is 2.50 bits per heavy atom. The second-order valence-corrected chi connectivity index (χ2v) is 7.84. The molecule has 0 spiro atoms. The Kier molecular flexibility index (Phi) is 6.21. The smallest absolute Gasteiger partial charge is 0.203 e. The van der Waals surface area contributed by atoms with Gasteiger partial charge in [0.15, 0.2) is 11.5 Å². The van der Waals surface area contributed by atoms with E-state index in [9.17, 15) is 0 Å². The molecule has 0 fully saturated rings. The molecule has 5 nitrogen and oxygen atoms in total. The van der Waals surface area contributed by atoms with E-state index in [-0.39, 0.29) is 6.04 Å². The lowest BCUT2D eigenvalue weighted by molar-refractivity contribution is 0.216. The lowest BCUT2D eigenvalue weighted by atomic mass is 10.0. The van der Waals surface area contributed by atoms with E-state index >= 15 is 0 Å². The molecule has 0 radical (unpaired) electrons. The van der Waals surface area contributed by atoms with E-state index in [0.29, 0.717) is 23.8 Å². The molecule has 4 rings (SSSR count). The fourth-order valence-electron chi connectivity index (χ4n) is 4.37. The Labute approximate surface area is 182 Å². The van der Waals surface area contributed by atoms with Crippen LogP contribution in [0.3, 0.4) is 0 Å². The van der Waals surface area contributed by atoms with Gasteiger partial charge in [-0.3, -0.25) is 4.90 Å². The largest absolute Gasteiger partial charge is 0.493 e. The second kappa shape index (κ2) is 9.02. The lowest BCUT2D eigenvalue weighted by Gasteiger charge is -2.31. The van der Waals surface area contributed by atoms with E-state index in [4.69, 9.17) is 25.8 Å². The minimum atomic E-state index is 0.0963. The number of methoxy groups -OCH3 is 3. The van der Waals surface area contributed by atoms with Crippen molar-refractivity contribution in [3.8, 4) is 17.2 Å². The summed E-state index contributed by atoms with van der Waals surface area (Å²) >= 11 is 6.36. The van der Waals surface area contributed by atoms with Crippen LogP contribution >= 0.6 is 11.6 Å². The van der Waals surface area contributed by atoms with Crippen LogP contribution in [0.2, 0.25) is 5.02 Å². The molecule has 3 aromatic rings. The van der Waals surface area contributed by atoms with E-state index in [1.165, 1.54) is 11.3 Å². The molecule has 0 saturated heterocycles. The fraction of sp³-hybridized carbons (Fsp3) is 0.333. The van der Waals surface area contributed by atoms with Crippen molar-refractivity contribution >= 4 is 11.6 Å². The molecule has 0 amide bonds. The van der Waals surface area contributed by atoms with Gasteiger partial charge in [-0.2, -0.15) is 0 Å². The quantitative estimate of drug-likeness (QED) is 0.545. The summed E-state index contributed by atoms with van der Waals surface area (Å²) in [5.74, 6) is 1.99. The van der Waals surface area contributed by atoms with Crippen LogP contribution in [-0.4, -0.2) is 37.3 Å². The number of nitrogens with zero attached hydrogens (tertiary/aromatic N) is 2. The van der Waals surface area contributed by atoms with Crippen LogP contribution in [0.25, 0.3) is 0 Å². The first-order chi connectivity index (χ1) is 14.7. The molecule has 6 heteroatoms. The predicted octanol–water partition coefficient (Wildman–Crippen LogP) is 5.16. The highest BCUT2D eigenvalue weighted by molar-refractivity contribution is 6.30. The zero-order valence-corrected chi connectivity index (χ0v) is 18.4. The third-order valence-electron chi connectivity index (χ3n) is 5.68. The third kappa shape index (κ3) is 3.87. The molecular weight excluding hydrogens is 400 g/mol. The summed E-state index contributed by atoms with van der Waals surface area (Å²) in [5.41, 5.74) is 3.51. The highest BCUT2D eigenvalue weighted by Gasteiger charge is 2.29. The Balaban J connectivity index is 1.77. The van der Waals surface area contributed by atoms with Gasteiger partial charge in [0.25, 0.3) is 0 Å². The van der Waals surface area contributed by atoms with Gasteiger partial charge >= 0.3 is 0 Å². The minimum Gasteiger partial charge on any atom is -0.493 e. The van der Waals surface area contributed by atoms with Gasteiger partial charge in [-0.15, -0.1) is 0 Å². The average Bonchev–Trinajstić information content (AvgIpc) is 3.14. The Morgan fingerprint density at radius 2 is 1.77 bits per heavy atom. The first kappa shape index (κ1) is 20.6. The van der Waals surface area contributed by atoms with Crippen LogP contribution in [0.15, 0.2) is 54.7 Å². The molecule has 0 unspecified atom stereocenters. The van der Waals surface area contributed by atoms with Crippen LogP contribution in [0.4, 0.5) is 0 Å². The lowest BCUT2D eigenvalue weighted by Crippen LogP contribution is -2.29. The van der Waals surface area contributed by atoms with E-state index in [1.807, 2.05) is 18.2 Å². The van der Waals surface area contributed by atoms with E-state index in [2.05, 4.69) is 46.0 Å². The molecule has 0 saturated carbocycles. The maximum Gasteiger partial charge on any atom is 0.203 e. The van der Waals surface area contributed by atoms with Gasteiger partial charge in [0.05, 0.1) is 27.4 Å². The number of hydrogen-bond donors (Lipinski definition) is 0. The number of fused-ring (bicyclic) bond motifs is 1. The number of rotatable bonds is 6. The molecule has 2 aromatic carbocycles. The normalized spacial score (nSPS) is 16.6. The number of hydrogen-bond acceptors (Lipinski definition) is 4. The predicted molar refractivity (Wildman–Crippen MR) is 119 cm³/mol. The zero-order chi connectivity index (χ0) is 21.1. The van der Waals surface area contributed by atoms with Crippen molar-refractivity contribution < 1.29 is 14.2 Å². The molecule has 1 aliphatic heterocycles. The zero-order valence-electron chi connectivity index (χ0n) is 17.6. The Bertz CT molecular complexity index is 1020. The SMILES string of the molecule is COc1ccc(CN2CCCn3cccc3[C@@H]2c2cccc(Cl)c2)c(OC)c1OC. The molecule has 1 atom stereocenters. The maximum absolute atomic E-state index is 6.36. The van der Waals surface area contributed by atoms with Crippen molar-refractivity contribution in [1.29, 1.82) is 0 Å². The van der Waals surface area contributed by atoms with E-state index < -0.39 is 0 Å². The molecule has 1 aromatic heterocycles. The van der Waals surface area contributed by atoms with Crippen molar-refractivity contribution in [3.63, 3.8) is 0 Å². The summed E-state index contributed by atoms with van der Waals surface area (Å²) in [5, 5.41) is 0.749. The number of aromatic nitrogens is 1. The summed E-state index contributed by atoms with van der Waals surface area (Å²) in [4.78, 5) is 2.48. The number of ether oxygens (including phenoxy) is 3. The van der Waals surface area contributed by atoms with Gasteiger partial charge in [0.1, 0.15) is 0 Å². The van der Waals surface area contributed by atoms with E-state index in [1.54, 1.807) is 21.3 Å². The molecular formula is C24H27ClN2O3. The summed E-state index contributed by atoms with van der Waals surface area (Å²) in [7, 11) is 4.94.